The number of hydrogen-bond donors (Lipinski definition) is 2. The van der Waals surface area contributed by atoms with E-state index in [-0.39, 0.29) is 17.7 Å². The van der Waals surface area contributed by atoms with Gasteiger partial charge in [0.1, 0.15) is 0 Å². The van der Waals surface area contributed by atoms with E-state index in [0.29, 0.717) is 0 Å². The number of benzene rings is 1. The van der Waals surface area contributed by atoms with Crippen LogP contribution >= 0.6 is 0 Å². The molecule has 2 fully saturated rings. The molecule has 4 rings (SSSR count). The smallest absolute Gasteiger partial charge is 0.319 e. The molecule has 1 atom stereocenters. The Morgan fingerprint density at radius 3 is 2.81 bits per heavy atom. The summed E-state index contributed by atoms with van der Waals surface area (Å²) in [6.07, 6.45) is 8.35. The van der Waals surface area contributed by atoms with E-state index in [0.717, 1.165) is 49.4 Å². The van der Waals surface area contributed by atoms with Crippen LogP contribution in [0.4, 0.5) is 10.5 Å². The molecule has 6 heteroatoms. The molecule has 1 unspecified atom stereocenters. The number of rotatable bonds is 3. The van der Waals surface area contributed by atoms with Crippen LogP contribution in [0.1, 0.15) is 44.2 Å². The van der Waals surface area contributed by atoms with Crippen molar-refractivity contribution in [3.05, 3.63) is 42.2 Å². The Bertz CT molecular complexity index is 765. The molecule has 1 saturated carbocycles. The van der Waals surface area contributed by atoms with Gasteiger partial charge in [0.2, 0.25) is 0 Å². The third-order valence-corrected chi connectivity index (χ3v) is 5.51. The molecule has 1 aliphatic heterocycles. The first-order chi connectivity index (χ1) is 12.6. The number of hydrogen-bond acceptors (Lipinski definition) is 3. The topological polar surface area (TPSA) is 68.2 Å². The lowest BCUT2D eigenvalue weighted by molar-refractivity contribution is -0.0818. The van der Waals surface area contributed by atoms with E-state index in [9.17, 15) is 4.79 Å². The van der Waals surface area contributed by atoms with Crippen molar-refractivity contribution in [3.8, 4) is 5.69 Å². The summed E-state index contributed by atoms with van der Waals surface area (Å²) in [4.78, 5) is 12.5. The fourth-order valence-corrected chi connectivity index (χ4v) is 4.16. The summed E-state index contributed by atoms with van der Waals surface area (Å²) in [6.45, 7) is 2.63. The normalized spacial score (nSPS) is 21.7. The van der Waals surface area contributed by atoms with Crippen molar-refractivity contribution in [2.24, 2.45) is 0 Å². The van der Waals surface area contributed by atoms with Gasteiger partial charge >= 0.3 is 6.03 Å². The number of urea groups is 1. The molecular formula is C20H26N4O2. The first-order valence-corrected chi connectivity index (χ1v) is 9.47. The lowest BCUT2D eigenvalue weighted by Crippen LogP contribution is -2.48. The molecule has 1 aliphatic carbocycles. The van der Waals surface area contributed by atoms with E-state index >= 15 is 0 Å². The quantitative estimate of drug-likeness (QED) is 0.881. The minimum absolute atomic E-state index is 0.00427. The fraction of sp³-hybridized carbons (Fsp3) is 0.500. The van der Waals surface area contributed by atoms with Crippen LogP contribution < -0.4 is 10.6 Å². The Labute approximate surface area is 153 Å². The van der Waals surface area contributed by atoms with E-state index < -0.39 is 0 Å². The third-order valence-electron chi connectivity index (χ3n) is 5.51. The molecule has 26 heavy (non-hydrogen) atoms. The number of nitrogens with one attached hydrogen (secondary N) is 2. The first kappa shape index (κ1) is 17.1. The van der Waals surface area contributed by atoms with Crippen LogP contribution in [-0.4, -0.2) is 34.1 Å². The van der Waals surface area contributed by atoms with Crippen molar-refractivity contribution in [2.45, 2.75) is 57.1 Å². The maximum atomic E-state index is 12.5. The first-order valence-electron chi connectivity index (χ1n) is 9.47. The van der Waals surface area contributed by atoms with E-state index in [1.807, 2.05) is 43.5 Å². The van der Waals surface area contributed by atoms with Crippen LogP contribution in [0.5, 0.6) is 0 Å². The van der Waals surface area contributed by atoms with Gasteiger partial charge in [-0.25, -0.2) is 9.48 Å². The zero-order valence-electron chi connectivity index (χ0n) is 15.2. The second-order valence-electron chi connectivity index (χ2n) is 7.44. The minimum Gasteiger partial charge on any atom is -0.375 e. The Hall–Kier alpha value is -2.34. The summed E-state index contributed by atoms with van der Waals surface area (Å²) in [5.41, 5.74) is 2.50. The number of para-hydroxylation sites is 1. The highest BCUT2D eigenvalue weighted by molar-refractivity contribution is 5.89. The number of aromatic nitrogens is 2. The van der Waals surface area contributed by atoms with Gasteiger partial charge in [-0.2, -0.15) is 5.10 Å². The molecule has 1 aromatic heterocycles. The van der Waals surface area contributed by atoms with Crippen LogP contribution in [0.2, 0.25) is 0 Å². The zero-order valence-corrected chi connectivity index (χ0v) is 15.2. The molecule has 2 N–H and O–H groups in total. The van der Waals surface area contributed by atoms with Crippen molar-refractivity contribution in [2.75, 3.05) is 11.9 Å². The maximum absolute atomic E-state index is 12.5. The molecule has 6 nitrogen and oxygen atoms in total. The Morgan fingerprint density at radius 1 is 1.27 bits per heavy atom. The number of carbonyl (C=O) groups is 1. The summed E-state index contributed by atoms with van der Waals surface area (Å²) in [5.74, 6) is 0. The van der Waals surface area contributed by atoms with Crippen molar-refractivity contribution in [1.82, 2.24) is 15.1 Å². The Balaban J connectivity index is 1.38. The molecule has 1 aromatic carbocycles. The molecular weight excluding hydrogens is 328 g/mol. The van der Waals surface area contributed by atoms with Gasteiger partial charge in [-0.1, -0.05) is 31.0 Å². The number of ether oxygens (including phenoxy) is 1. The van der Waals surface area contributed by atoms with Crippen molar-refractivity contribution in [3.63, 3.8) is 0 Å². The molecule has 1 saturated heterocycles. The Morgan fingerprint density at radius 2 is 2.04 bits per heavy atom. The van der Waals surface area contributed by atoms with Crippen LogP contribution in [0, 0.1) is 6.92 Å². The van der Waals surface area contributed by atoms with Crippen molar-refractivity contribution in [1.29, 1.82) is 0 Å². The SMILES string of the molecule is Cc1nn(-c2ccccc2)cc1NC(=O)NC1CCOC2(CCCC2)C1. The van der Waals surface area contributed by atoms with E-state index in [1.54, 1.807) is 4.68 Å². The molecule has 0 bridgehead atoms. The maximum Gasteiger partial charge on any atom is 0.319 e. The predicted octanol–water partition coefficient (Wildman–Crippen LogP) is 3.79. The fourth-order valence-electron chi connectivity index (χ4n) is 4.16. The van der Waals surface area contributed by atoms with Gasteiger partial charge in [0, 0.05) is 12.6 Å². The van der Waals surface area contributed by atoms with Gasteiger partial charge in [0.25, 0.3) is 0 Å². The van der Waals surface area contributed by atoms with Crippen LogP contribution in [0.25, 0.3) is 5.69 Å². The van der Waals surface area contributed by atoms with Gasteiger partial charge in [-0.3, -0.25) is 0 Å². The van der Waals surface area contributed by atoms with Crippen molar-refractivity contribution >= 4 is 11.7 Å². The summed E-state index contributed by atoms with van der Waals surface area (Å²) in [6, 6.07) is 9.88. The number of aryl methyl sites for hydroxylation is 1. The van der Waals surface area contributed by atoms with Crippen molar-refractivity contribution < 1.29 is 9.53 Å². The van der Waals surface area contributed by atoms with Gasteiger partial charge < -0.3 is 15.4 Å². The Kier molecular flexibility index (Phi) is 4.68. The summed E-state index contributed by atoms with van der Waals surface area (Å²) < 4.78 is 7.83. The molecule has 1 spiro atoms. The second kappa shape index (κ2) is 7.11. The molecule has 2 aliphatic rings. The highest BCUT2D eigenvalue weighted by Gasteiger charge is 2.40. The third kappa shape index (κ3) is 3.60. The average Bonchev–Trinajstić information content (AvgIpc) is 3.23. The van der Waals surface area contributed by atoms with E-state index in [2.05, 4.69) is 15.7 Å². The highest BCUT2D eigenvalue weighted by Crippen LogP contribution is 2.39. The summed E-state index contributed by atoms with van der Waals surface area (Å²) >= 11 is 0. The van der Waals surface area contributed by atoms with E-state index in [4.69, 9.17) is 4.74 Å². The molecule has 2 amide bonds. The van der Waals surface area contributed by atoms with Crippen LogP contribution in [-0.2, 0) is 4.74 Å². The number of nitrogens with zero attached hydrogens (tertiary/aromatic N) is 2. The van der Waals surface area contributed by atoms with Crippen LogP contribution in [0.15, 0.2) is 36.5 Å². The highest BCUT2D eigenvalue weighted by atomic mass is 16.5. The minimum atomic E-state index is -0.166. The standard InChI is InChI=1S/C20H26N4O2/c1-15-18(14-24(23-15)17-7-3-2-4-8-17)22-19(25)21-16-9-12-26-20(13-16)10-5-6-11-20/h2-4,7-8,14,16H,5-6,9-13H2,1H3,(H2,21,22,25). The number of anilines is 1. The largest absolute Gasteiger partial charge is 0.375 e. The zero-order chi connectivity index (χ0) is 18.0. The number of carbonyl (C=O) groups excluding carboxylic acids is 1. The molecule has 2 heterocycles. The number of amides is 2. The lowest BCUT2D eigenvalue weighted by Gasteiger charge is -2.38. The molecule has 138 valence electrons. The summed E-state index contributed by atoms with van der Waals surface area (Å²) in [7, 11) is 0. The van der Waals surface area contributed by atoms with Gasteiger partial charge in [0.05, 0.1) is 28.9 Å². The average molecular weight is 354 g/mol. The lowest BCUT2D eigenvalue weighted by atomic mass is 9.89. The molecule has 0 radical (unpaired) electrons. The second-order valence-corrected chi connectivity index (χ2v) is 7.44. The van der Waals surface area contributed by atoms with E-state index in [1.165, 1.54) is 12.8 Å². The van der Waals surface area contributed by atoms with Crippen LogP contribution in [0.3, 0.4) is 0 Å². The molecule has 2 aromatic rings. The summed E-state index contributed by atoms with van der Waals surface area (Å²) in [5, 5.41) is 10.6. The van der Waals surface area contributed by atoms with Gasteiger partial charge in [-0.05, 0) is 44.7 Å². The van der Waals surface area contributed by atoms with Gasteiger partial charge in [0.15, 0.2) is 0 Å². The predicted molar refractivity (Wildman–Crippen MR) is 101 cm³/mol. The van der Waals surface area contributed by atoms with Gasteiger partial charge in [-0.15, -0.1) is 0 Å². The monoisotopic (exact) mass is 354 g/mol.